The van der Waals surface area contributed by atoms with Gasteiger partial charge in [-0.05, 0) is 43.1 Å². The van der Waals surface area contributed by atoms with Crippen LogP contribution >= 0.6 is 11.8 Å². The fourth-order valence-electron chi connectivity index (χ4n) is 4.15. The lowest BCUT2D eigenvalue weighted by Crippen LogP contribution is -2.15. The molecule has 0 fully saturated rings. The zero-order valence-electron chi connectivity index (χ0n) is 20.9. The molecule has 0 amide bonds. The SMILES string of the molecule is CCCC[C@@H](C)C[C@H](O)C=C[C@@H]1C(SCCCCCC(=O)O)=C(OC(=O)c2ccccc2)C[C@H]1O. The molecule has 7 heteroatoms. The van der Waals surface area contributed by atoms with Crippen molar-refractivity contribution >= 4 is 23.7 Å². The second kappa shape index (κ2) is 15.8. The van der Waals surface area contributed by atoms with E-state index in [1.54, 1.807) is 30.3 Å². The van der Waals surface area contributed by atoms with E-state index < -0.39 is 24.1 Å². The van der Waals surface area contributed by atoms with Gasteiger partial charge >= 0.3 is 11.9 Å². The number of thioether (sulfide) groups is 1. The summed E-state index contributed by atoms with van der Waals surface area (Å²) < 4.78 is 5.72. The van der Waals surface area contributed by atoms with E-state index in [-0.39, 0.29) is 18.8 Å². The molecule has 0 radical (unpaired) electrons. The fraction of sp³-hybridized carbons (Fsp3) is 0.571. The van der Waals surface area contributed by atoms with Crippen molar-refractivity contribution in [2.75, 3.05) is 5.75 Å². The molecule has 0 bridgehead atoms. The Morgan fingerprint density at radius 2 is 1.91 bits per heavy atom. The van der Waals surface area contributed by atoms with Crippen LogP contribution in [0, 0.1) is 11.8 Å². The van der Waals surface area contributed by atoms with Gasteiger partial charge in [-0.2, -0.15) is 0 Å². The van der Waals surface area contributed by atoms with Crippen LogP contribution in [0.5, 0.6) is 0 Å². The number of aliphatic hydroxyl groups is 2. The summed E-state index contributed by atoms with van der Waals surface area (Å²) >= 11 is 1.54. The van der Waals surface area contributed by atoms with Crippen LogP contribution in [0.4, 0.5) is 0 Å². The van der Waals surface area contributed by atoms with Gasteiger partial charge in [0.25, 0.3) is 0 Å². The molecule has 3 N–H and O–H groups in total. The summed E-state index contributed by atoms with van der Waals surface area (Å²) in [5.74, 6) is 0.0276. The van der Waals surface area contributed by atoms with Gasteiger partial charge in [0.15, 0.2) is 0 Å². The van der Waals surface area contributed by atoms with E-state index in [2.05, 4.69) is 13.8 Å². The zero-order valence-corrected chi connectivity index (χ0v) is 21.7. The minimum Gasteiger partial charge on any atom is -0.481 e. The average Bonchev–Trinajstić information content (AvgIpc) is 3.12. The third-order valence-electron chi connectivity index (χ3n) is 6.14. The van der Waals surface area contributed by atoms with Gasteiger partial charge < -0.3 is 20.1 Å². The molecule has 1 aliphatic rings. The maximum atomic E-state index is 12.7. The highest BCUT2D eigenvalue weighted by Gasteiger charge is 2.35. The first-order valence-corrected chi connectivity index (χ1v) is 13.7. The number of unbranched alkanes of at least 4 members (excludes halogenated alkanes) is 3. The van der Waals surface area contributed by atoms with Crippen molar-refractivity contribution in [2.45, 2.75) is 83.8 Å². The molecule has 194 valence electrons. The van der Waals surface area contributed by atoms with Crippen molar-refractivity contribution in [1.29, 1.82) is 0 Å². The first-order valence-electron chi connectivity index (χ1n) is 12.7. The Morgan fingerprint density at radius 1 is 1.17 bits per heavy atom. The smallest absolute Gasteiger partial charge is 0.343 e. The standard InChI is InChI=1S/C28H40O6S/c1-3-4-11-20(2)18-22(29)15-16-23-24(30)19-25(34-28(33)21-12-7-5-8-13-21)27(23)35-17-10-6-9-14-26(31)32/h5,7-8,12-13,15-16,20,22-24,29-30H,3-4,6,9-11,14,17-19H2,1-2H3,(H,31,32)/t20-,22-,23+,24-/m1/s1. The topological polar surface area (TPSA) is 104 Å². The van der Waals surface area contributed by atoms with Crippen molar-refractivity contribution in [3.8, 4) is 0 Å². The number of carbonyl (C=O) groups is 2. The minimum atomic E-state index is -0.790. The first kappa shape index (κ1) is 29.1. The number of ether oxygens (including phenoxy) is 1. The summed E-state index contributed by atoms with van der Waals surface area (Å²) in [6, 6.07) is 8.76. The number of rotatable bonds is 16. The van der Waals surface area contributed by atoms with E-state index in [0.29, 0.717) is 30.1 Å². The van der Waals surface area contributed by atoms with Gasteiger partial charge in [-0.3, -0.25) is 4.79 Å². The van der Waals surface area contributed by atoms with Crippen LogP contribution in [-0.4, -0.2) is 45.2 Å². The number of hydrogen-bond acceptors (Lipinski definition) is 6. The molecule has 0 saturated heterocycles. The Labute approximate surface area is 213 Å². The molecule has 4 atom stereocenters. The van der Waals surface area contributed by atoms with Gasteiger partial charge in [0.1, 0.15) is 5.76 Å². The second-order valence-electron chi connectivity index (χ2n) is 9.33. The zero-order chi connectivity index (χ0) is 25.6. The summed E-state index contributed by atoms with van der Waals surface area (Å²) in [5.41, 5.74) is 0.447. The Kier molecular flexibility index (Phi) is 13.2. The number of esters is 1. The average molecular weight is 505 g/mol. The Hall–Kier alpha value is -2.09. The Balaban J connectivity index is 2.08. The lowest BCUT2D eigenvalue weighted by atomic mass is 9.96. The molecule has 6 nitrogen and oxygen atoms in total. The third-order valence-corrected chi connectivity index (χ3v) is 7.44. The molecule has 1 aromatic rings. The summed E-state index contributed by atoms with van der Waals surface area (Å²) in [4.78, 5) is 24.2. The van der Waals surface area contributed by atoms with E-state index in [1.165, 1.54) is 11.8 Å². The molecule has 0 unspecified atom stereocenters. The van der Waals surface area contributed by atoms with Crippen LogP contribution in [0.1, 0.15) is 82.0 Å². The molecule has 2 rings (SSSR count). The number of aliphatic carboxylic acids is 1. The fourth-order valence-corrected chi connectivity index (χ4v) is 5.44. The summed E-state index contributed by atoms with van der Waals surface area (Å²) in [5, 5.41) is 30.1. The van der Waals surface area contributed by atoms with Gasteiger partial charge in [0, 0.05) is 23.7 Å². The normalized spacial score (nSPS) is 19.8. The van der Waals surface area contributed by atoms with Crippen LogP contribution in [0.15, 0.2) is 53.1 Å². The second-order valence-corrected chi connectivity index (χ2v) is 10.5. The summed E-state index contributed by atoms with van der Waals surface area (Å²) in [7, 11) is 0. The third kappa shape index (κ3) is 10.6. The molecule has 0 spiro atoms. The lowest BCUT2D eigenvalue weighted by Gasteiger charge is -2.17. The van der Waals surface area contributed by atoms with Crippen LogP contribution in [0.3, 0.4) is 0 Å². The van der Waals surface area contributed by atoms with E-state index >= 15 is 0 Å². The number of aliphatic hydroxyl groups excluding tert-OH is 2. The number of carbonyl (C=O) groups excluding carboxylic acids is 1. The maximum absolute atomic E-state index is 12.7. The molecule has 1 aromatic carbocycles. The van der Waals surface area contributed by atoms with Gasteiger partial charge in [0.05, 0.1) is 17.8 Å². The van der Waals surface area contributed by atoms with Crippen molar-refractivity contribution in [3.05, 3.63) is 58.7 Å². The van der Waals surface area contributed by atoms with Crippen LogP contribution < -0.4 is 0 Å². The van der Waals surface area contributed by atoms with Gasteiger partial charge in [-0.1, -0.05) is 69.9 Å². The molecule has 0 aliphatic heterocycles. The highest BCUT2D eigenvalue weighted by molar-refractivity contribution is 8.03. The number of carboxylic acids is 1. The van der Waals surface area contributed by atoms with Crippen LogP contribution in [0.2, 0.25) is 0 Å². The molecular weight excluding hydrogens is 464 g/mol. The highest BCUT2D eigenvalue weighted by Crippen LogP contribution is 2.42. The molecule has 0 saturated carbocycles. The number of hydrogen-bond donors (Lipinski definition) is 3. The van der Waals surface area contributed by atoms with Crippen molar-refractivity contribution in [3.63, 3.8) is 0 Å². The lowest BCUT2D eigenvalue weighted by molar-refractivity contribution is -0.137. The molecule has 0 aromatic heterocycles. The summed E-state index contributed by atoms with van der Waals surface area (Å²) in [6.07, 6.45) is 8.94. The molecular formula is C28H40O6S. The quantitative estimate of drug-likeness (QED) is 0.145. The predicted molar refractivity (Wildman–Crippen MR) is 140 cm³/mol. The Bertz CT molecular complexity index is 850. The van der Waals surface area contributed by atoms with E-state index in [1.807, 2.05) is 12.1 Å². The largest absolute Gasteiger partial charge is 0.481 e. The van der Waals surface area contributed by atoms with Gasteiger partial charge in [0.2, 0.25) is 0 Å². The van der Waals surface area contributed by atoms with Gasteiger partial charge in [-0.15, -0.1) is 11.8 Å². The van der Waals surface area contributed by atoms with Crippen LogP contribution in [-0.2, 0) is 9.53 Å². The van der Waals surface area contributed by atoms with E-state index in [9.17, 15) is 19.8 Å². The predicted octanol–water partition coefficient (Wildman–Crippen LogP) is 5.95. The highest BCUT2D eigenvalue weighted by atomic mass is 32.2. The van der Waals surface area contributed by atoms with Crippen LogP contribution in [0.25, 0.3) is 0 Å². The van der Waals surface area contributed by atoms with Crippen molar-refractivity contribution in [1.82, 2.24) is 0 Å². The summed E-state index contributed by atoms with van der Waals surface area (Å²) in [6.45, 7) is 4.30. The number of benzene rings is 1. The molecule has 1 aliphatic carbocycles. The number of carboxylic acid groups (broad SMARTS) is 1. The van der Waals surface area contributed by atoms with E-state index in [0.717, 1.165) is 42.8 Å². The Morgan fingerprint density at radius 3 is 2.60 bits per heavy atom. The maximum Gasteiger partial charge on any atom is 0.343 e. The molecule has 35 heavy (non-hydrogen) atoms. The molecule has 0 heterocycles. The first-order chi connectivity index (χ1) is 16.8. The van der Waals surface area contributed by atoms with Crippen molar-refractivity contribution in [2.24, 2.45) is 11.8 Å². The van der Waals surface area contributed by atoms with Gasteiger partial charge in [-0.25, -0.2) is 4.79 Å². The van der Waals surface area contributed by atoms with Crippen molar-refractivity contribution < 1.29 is 29.6 Å². The minimum absolute atomic E-state index is 0.159. The van der Waals surface area contributed by atoms with E-state index in [4.69, 9.17) is 9.84 Å². The monoisotopic (exact) mass is 504 g/mol.